The van der Waals surface area contributed by atoms with Crippen molar-refractivity contribution in [3.05, 3.63) is 59.2 Å². The number of rotatable bonds is 7. The summed E-state index contributed by atoms with van der Waals surface area (Å²) in [6, 6.07) is 13.0. The highest BCUT2D eigenvalue weighted by molar-refractivity contribution is 5.90. The number of nitrogens with two attached hydrogens (primary N) is 1. The van der Waals surface area contributed by atoms with Crippen LogP contribution >= 0.6 is 0 Å². The summed E-state index contributed by atoms with van der Waals surface area (Å²) in [7, 11) is 1.50. The summed E-state index contributed by atoms with van der Waals surface area (Å²) in [6.07, 6.45) is 3.43. The average molecular weight is 424 g/mol. The summed E-state index contributed by atoms with van der Waals surface area (Å²) in [5, 5.41) is 28.1. The van der Waals surface area contributed by atoms with E-state index in [9.17, 15) is 9.90 Å². The van der Waals surface area contributed by atoms with E-state index in [0.717, 1.165) is 54.7 Å². The summed E-state index contributed by atoms with van der Waals surface area (Å²) in [5.41, 5.74) is 8.25. The van der Waals surface area contributed by atoms with Gasteiger partial charge in [0.05, 0.1) is 11.4 Å². The Labute approximate surface area is 184 Å². The van der Waals surface area contributed by atoms with Crippen LogP contribution in [0.5, 0.6) is 0 Å². The molecule has 6 N–H and O–H groups in total. The highest BCUT2D eigenvalue weighted by atomic mass is 16.4. The van der Waals surface area contributed by atoms with Crippen LogP contribution in [-0.4, -0.2) is 54.7 Å². The number of carbonyl (C=O) groups is 1. The standard InChI is InChI=1S/C23H28N4O2.CH5N/c1-16(25)27-7-5-17(6-8-27)14-26-15-19-10-21(12-22(11-19)23(28)29)20-4-2-3-18(9-20)13-24;1-2/h2-4,9-13,17,24-26H,5-8,14-15H2,1H3,(H,28,29);2H2,1H3. The molecule has 0 atom stereocenters. The lowest BCUT2D eigenvalue weighted by Crippen LogP contribution is -2.39. The monoisotopic (exact) mass is 423 g/mol. The predicted octanol–water partition coefficient (Wildman–Crippen LogP) is 3.42. The van der Waals surface area contributed by atoms with Crippen molar-refractivity contribution >= 4 is 18.0 Å². The van der Waals surface area contributed by atoms with E-state index in [4.69, 9.17) is 10.8 Å². The zero-order valence-corrected chi connectivity index (χ0v) is 18.3. The van der Waals surface area contributed by atoms with Gasteiger partial charge < -0.3 is 26.5 Å². The van der Waals surface area contributed by atoms with Crippen LogP contribution in [0.4, 0.5) is 0 Å². The SMILES string of the molecule is CC(=N)N1CCC(CNCc2cc(C(=O)O)cc(-c3cccc(C=N)c3)c2)CC1.CN. The molecule has 166 valence electrons. The van der Waals surface area contributed by atoms with E-state index >= 15 is 0 Å². The van der Waals surface area contributed by atoms with Crippen LogP contribution in [0.15, 0.2) is 42.5 Å². The Kier molecular flexibility index (Phi) is 9.37. The van der Waals surface area contributed by atoms with Crippen molar-refractivity contribution in [2.75, 3.05) is 26.7 Å². The van der Waals surface area contributed by atoms with Gasteiger partial charge in [-0.25, -0.2) is 4.79 Å². The molecule has 0 aromatic heterocycles. The molecule has 2 aromatic rings. The molecule has 1 heterocycles. The number of piperidine rings is 1. The molecule has 0 spiro atoms. The maximum atomic E-state index is 11.6. The first-order valence-corrected chi connectivity index (χ1v) is 10.5. The van der Waals surface area contributed by atoms with Crippen molar-refractivity contribution in [3.63, 3.8) is 0 Å². The Morgan fingerprint density at radius 2 is 1.90 bits per heavy atom. The number of hydrogen-bond acceptors (Lipinski definition) is 5. The van der Waals surface area contributed by atoms with Gasteiger partial charge >= 0.3 is 5.97 Å². The van der Waals surface area contributed by atoms with E-state index in [1.807, 2.05) is 37.3 Å². The van der Waals surface area contributed by atoms with Crippen molar-refractivity contribution in [3.8, 4) is 11.1 Å². The maximum absolute atomic E-state index is 11.6. The number of amidine groups is 1. The van der Waals surface area contributed by atoms with E-state index in [1.54, 1.807) is 12.1 Å². The highest BCUT2D eigenvalue weighted by Crippen LogP contribution is 2.24. The molecule has 0 amide bonds. The molecule has 1 saturated heterocycles. The lowest BCUT2D eigenvalue weighted by molar-refractivity contribution is 0.0696. The largest absolute Gasteiger partial charge is 0.478 e. The maximum Gasteiger partial charge on any atom is 0.335 e. The fourth-order valence-electron chi connectivity index (χ4n) is 3.79. The molecule has 0 saturated carbocycles. The number of carboxylic acids is 1. The lowest BCUT2D eigenvalue weighted by Gasteiger charge is -2.32. The summed E-state index contributed by atoms with van der Waals surface area (Å²) in [6.45, 7) is 5.21. The van der Waals surface area contributed by atoms with Crippen molar-refractivity contribution in [2.45, 2.75) is 26.3 Å². The molecule has 7 nitrogen and oxygen atoms in total. The zero-order valence-electron chi connectivity index (χ0n) is 18.3. The summed E-state index contributed by atoms with van der Waals surface area (Å²) in [4.78, 5) is 13.7. The molecule has 0 aliphatic carbocycles. The van der Waals surface area contributed by atoms with Gasteiger partial charge in [-0.1, -0.05) is 18.2 Å². The Morgan fingerprint density at radius 1 is 1.19 bits per heavy atom. The van der Waals surface area contributed by atoms with Crippen molar-refractivity contribution < 1.29 is 9.90 Å². The number of hydrogen-bond donors (Lipinski definition) is 5. The number of nitrogens with one attached hydrogen (secondary N) is 3. The molecular formula is C24H33N5O2. The van der Waals surface area contributed by atoms with Crippen LogP contribution in [-0.2, 0) is 6.54 Å². The minimum Gasteiger partial charge on any atom is -0.478 e. The van der Waals surface area contributed by atoms with Crippen LogP contribution < -0.4 is 11.1 Å². The number of benzene rings is 2. The van der Waals surface area contributed by atoms with Gasteiger partial charge in [0.2, 0.25) is 0 Å². The molecule has 0 unspecified atom stereocenters. The first-order chi connectivity index (χ1) is 15.0. The van der Waals surface area contributed by atoms with Crippen molar-refractivity contribution in [1.29, 1.82) is 10.8 Å². The first kappa shape index (κ1) is 24.2. The van der Waals surface area contributed by atoms with Gasteiger partial charge in [-0.3, -0.25) is 5.41 Å². The predicted molar refractivity (Wildman–Crippen MR) is 126 cm³/mol. The third-order valence-corrected chi connectivity index (χ3v) is 5.48. The van der Waals surface area contributed by atoms with Gasteiger partial charge in [0, 0.05) is 25.8 Å². The molecule has 3 rings (SSSR count). The van der Waals surface area contributed by atoms with Crippen LogP contribution in [0.3, 0.4) is 0 Å². The molecule has 1 aliphatic rings. The quantitative estimate of drug-likeness (QED) is 0.344. The number of aromatic carboxylic acids is 1. The van der Waals surface area contributed by atoms with Crippen LogP contribution in [0.25, 0.3) is 11.1 Å². The van der Waals surface area contributed by atoms with E-state index in [1.165, 1.54) is 13.3 Å². The van der Waals surface area contributed by atoms with E-state index < -0.39 is 5.97 Å². The van der Waals surface area contributed by atoms with Gasteiger partial charge in [0.15, 0.2) is 0 Å². The topological polar surface area (TPSA) is 126 Å². The van der Waals surface area contributed by atoms with Gasteiger partial charge in [-0.15, -0.1) is 0 Å². The fraction of sp³-hybridized carbons (Fsp3) is 0.375. The van der Waals surface area contributed by atoms with E-state index in [0.29, 0.717) is 18.3 Å². The zero-order chi connectivity index (χ0) is 22.8. The van der Waals surface area contributed by atoms with E-state index in [2.05, 4.69) is 16.0 Å². The average Bonchev–Trinajstić information content (AvgIpc) is 2.80. The van der Waals surface area contributed by atoms with Gasteiger partial charge in [-0.05, 0) is 85.8 Å². The van der Waals surface area contributed by atoms with Gasteiger partial charge in [-0.2, -0.15) is 0 Å². The normalized spacial score (nSPS) is 13.8. The molecule has 1 fully saturated rings. The van der Waals surface area contributed by atoms with Gasteiger partial charge in [0.25, 0.3) is 0 Å². The Bertz CT molecular complexity index is 905. The molecule has 1 aliphatic heterocycles. The summed E-state index contributed by atoms with van der Waals surface area (Å²) < 4.78 is 0. The minimum atomic E-state index is -0.939. The second-order valence-electron chi connectivity index (χ2n) is 7.64. The number of likely N-dealkylation sites (tertiary alicyclic amines) is 1. The third kappa shape index (κ3) is 7.01. The fourth-order valence-corrected chi connectivity index (χ4v) is 3.79. The Hall–Kier alpha value is -3.03. The first-order valence-electron chi connectivity index (χ1n) is 10.5. The van der Waals surface area contributed by atoms with Crippen LogP contribution in [0, 0.1) is 16.7 Å². The minimum absolute atomic E-state index is 0.273. The second kappa shape index (κ2) is 12.0. The highest BCUT2D eigenvalue weighted by Gasteiger charge is 2.19. The molecule has 0 radical (unpaired) electrons. The Morgan fingerprint density at radius 3 is 2.52 bits per heavy atom. The molecule has 31 heavy (non-hydrogen) atoms. The number of nitrogens with zero attached hydrogens (tertiary/aromatic N) is 1. The molecule has 7 heteroatoms. The van der Waals surface area contributed by atoms with Crippen LogP contribution in [0.2, 0.25) is 0 Å². The van der Waals surface area contributed by atoms with Gasteiger partial charge in [0.1, 0.15) is 0 Å². The smallest absolute Gasteiger partial charge is 0.335 e. The number of carboxylic acid groups (broad SMARTS) is 1. The molecular weight excluding hydrogens is 390 g/mol. The Balaban J connectivity index is 0.00000166. The summed E-state index contributed by atoms with van der Waals surface area (Å²) >= 11 is 0. The van der Waals surface area contributed by atoms with Crippen molar-refractivity contribution in [1.82, 2.24) is 10.2 Å². The van der Waals surface area contributed by atoms with Crippen LogP contribution in [0.1, 0.15) is 41.3 Å². The summed E-state index contributed by atoms with van der Waals surface area (Å²) in [5.74, 6) is 0.282. The lowest BCUT2D eigenvalue weighted by atomic mass is 9.96. The molecule has 0 bridgehead atoms. The third-order valence-electron chi connectivity index (χ3n) is 5.48. The molecule has 2 aromatic carbocycles. The van der Waals surface area contributed by atoms with E-state index in [-0.39, 0.29) is 5.56 Å². The van der Waals surface area contributed by atoms with Crippen molar-refractivity contribution in [2.24, 2.45) is 11.7 Å². The second-order valence-corrected chi connectivity index (χ2v) is 7.64.